The fourth-order valence-corrected chi connectivity index (χ4v) is 1.98. The Hall–Kier alpha value is -2.42. The zero-order valence-corrected chi connectivity index (χ0v) is 11.8. The average Bonchev–Trinajstić information content (AvgIpc) is 2.43. The molecule has 0 aliphatic carbocycles. The van der Waals surface area contributed by atoms with Crippen LogP contribution in [0.2, 0.25) is 0 Å². The number of hydrogen-bond acceptors (Lipinski definition) is 4. The summed E-state index contributed by atoms with van der Waals surface area (Å²) >= 11 is 0. The standard InChI is InChI=1S/C14H17N3O3/c1-4-14(5-2,9-15)13(18)16-11-7-6-8-12(10(11)3)17(19)20/h6-8H,4-5H2,1-3H3,(H,16,18). The Labute approximate surface area is 117 Å². The van der Waals surface area contributed by atoms with E-state index in [1.807, 2.05) is 6.07 Å². The molecule has 0 spiro atoms. The summed E-state index contributed by atoms with van der Waals surface area (Å²) in [4.78, 5) is 22.6. The van der Waals surface area contributed by atoms with E-state index in [0.29, 0.717) is 24.1 Å². The highest BCUT2D eigenvalue weighted by atomic mass is 16.6. The molecule has 20 heavy (non-hydrogen) atoms. The van der Waals surface area contributed by atoms with Crippen LogP contribution in [-0.4, -0.2) is 10.8 Å². The molecular weight excluding hydrogens is 258 g/mol. The maximum Gasteiger partial charge on any atom is 0.274 e. The first-order chi connectivity index (χ1) is 9.41. The average molecular weight is 275 g/mol. The second-order valence-electron chi connectivity index (χ2n) is 4.56. The van der Waals surface area contributed by atoms with Crippen molar-refractivity contribution in [2.45, 2.75) is 33.6 Å². The van der Waals surface area contributed by atoms with Gasteiger partial charge in [0.25, 0.3) is 5.69 Å². The Morgan fingerprint density at radius 2 is 2.05 bits per heavy atom. The number of hydrogen-bond donors (Lipinski definition) is 1. The van der Waals surface area contributed by atoms with Crippen molar-refractivity contribution in [3.05, 3.63) is 33.9 Å². The first kappa shape index (κ1) is 15.6. The number of carbonyl (C=O) groups is 1. The van der Waals surface area contributed by atoms with Crippen molar-refractivity contribution in [2.24, 2.45) is 5.41 Å². The molecule has 6 heteroatoms. The van der Waals surface area contributed by atoms with Crippen molar-refractivity contribution in [3.63, 3.8) is 0 Å². The van der Waals surface area contributed by atoms with E-state index in [1.165, 1.54) is 12.1 Å². The highest BCUT2D eigenvalue weighted by Gasteiger charge is 2.35. The summed E-state index contributed by atoms with van der Waals surface area (Å²) in [6.07, 6.45) is 0.777. The number of nitrogens with zero attached hydrogens (tertiary/aromatic N) is 2. The molecular formula is C14H17N3O3. The Morgan fingerprint density at radius 1 is 1.45 bits per heavy atom. The highest BCUT2D eigenvalue weighted by Crippen LogP contribution is 2.30. The molecule has 1 N–H and O–H groups in total. The summed E-state index contributed by atoms with van der Waals surface area (Å²) in [6.45, 7) is 5.11. The van der Waals surface area contributed by atoms with Crippen molar-refractivity contribution in [1.82, 2.24) is 0 Å². The third-order valence-corrected chi connectivity index (χ3v) is 3.61. The maximum atomic E-state index is 12.3. The predicted octanol–water partition coefficient (Wildman–Crippen LogP) is 3.17. The lowest BCUT2D eigenvalue weighted by Gasteiger charge is -2.22. The molecule has 0 unspecified atom stereocenters. The largest absolute Gasteiger partial charge is 0.324 e. The minimum atomic E-state index is -1.10. The van der Waals surface area contributed by atoms with Crippen LogP contribution in [0.4, 0.5) is 11.4 Å². The molecule has 0 heterocycles. The number of nitro groups is 1. The number of nitrogens with one attached hydrogen (secondary N) is 1. The number of nitriles is 1. The van der Waals surface area contributed by atoms with Crippen LogP contribution in [0.5, 0.6) is 0 Å². The van der Waals surface area contributed by atoms with E-state index in [2.05, 4.69) is 5.32 Å². The molecule has 0 radical (unpaired) electrons. The molecule has 1 rings (SSSR count). The number of carbonyl (C=O) groups excluding carboxylic acids is 1. The zero-order valence-electron chi connectivity index (χ0n) is 11.8. The van der Waals surface area contributed by atoms with E-state index in [0.717, 1.165) is 0 Å². The van der Waals surface area contributed by atoms with Gasteiger partial charge >= 0.3 is 0 Å². The molecule has 1 aromatic rings. The van der Waals surface area contributed by atoms with Crippen LogP contribution in [0.25, 0.3) is 0 Å². The van der Waals surface area contributed by atoms with Crippen LogP contribution in [0, 0.1) is 33.8 Å². The monoisotopic (exact) mass is 275 g/mol. The molecule has 0 aliphatic rings. The lowest BCUT2D eigenvalue weighted by molar-refractivity contribution is -0.385. The van der Waals surface area contributed by atoms with Crippen molar-refractivity contribution >= 4 is 17.3 Å². The summed E-state index contributed by atoms with van der Waals surface area (Å²) < 4.78 is 0. The third kappa shape index (κ3) is 2.77. The fourth-order valence-electron chi connectivity index (χ4n) is 1.98. The quantitative estimate of drug-likeness (QED) is 0.659. The van der Waals surface area contributed by atoms with E-state index in [-0.39, 0.29) is 5.69 Å². The van der Waals surface area contributed by atoms with Gasteiger partial charge in [-0.3, -0.25) is 14.9 Å². The molecule has 106 valence electrons. The van der Waals surface area contributed by atoms with Gasteiger partial charge in [-0.2, -0.15) is 5.26 Å². The first-order valence-electron chi connectivity index (χ1n) is 6.38. The van der Waals surface area contributed by atoms with Crippen LogP contribution < -0.4 is 5.32 Å². The SMILES string of the molecule is CCC(C#N)(CC)C(=O)Nc1cccc([N+](=O)[O-])c1C. The van der Waals surface area contributed by atoms with Crippen molar-refractivity contribution < 1.29 is 9.72 Å². The molecule has 1 aromatic carbocycles. The van der Waals surface area contributed by atoms with Crippen LogP contribution in [-0.2, 0) is 4.79 Å². The molecule has 0 aliphatic heterocycles. The van der Waals surface area contributed by atoms with Gasteiger partial charge in [0.2, 0.25) is 5.91 Å². The second kappa shape index (κ2) is 6.15. The van der Waals surface area contributed by atoms with Crippen LogP contribution in [0.3, 0.4) is 0 Å². The lowest BCUT2D eigenvalue weighted by Crippen LogP contribution is -2.34. The van der Waals surface area contributed by atoms with E-state index in [9.17, 15) is 20.2 Å². The highest BCUT2D eigenvalue weighted by molar-refractivity contribution is 5.98. The predicted molar refractivity (Wildman–Crippen MR) is 75.1 cm³/mol. The molecule has 0 saturated heterocycles. The summed E-state index contributed by atoms with van der Waals surface area (Å²) in [6, 6.07) is 6.52. The van der Waals surface area contributed by atoms with Gasteiger partial charge in [0.15, 0.2) is 0 Å². The molecule has 1 amide bonds. The first-order valence-corrected chi connectivity index (χ1v) is 6.38. The molecule has 0 atom stereocenters. The van der Waals surface area contributed by atoms with Gasteiger partial charge in [0.05, 0.1) is 22.2 Å². The number of rotatable bonds is 5. The van der Waals surface area contributed by atoms with E-state index in [4.69, 9.17) is 0 Å². The number of amides is 1. The Morgan fingerprint density at radius 3 is 2.50 bits per heavy atom. The maximum absolute atomic E-state index is 12.3. The smallest absolute Gasteiger partial charge is 0.274 e. The van der Waals surface area contributed by atoms with Gasteiger partial charge in [-0.15, -0.1) is 0 Å². The second-order valence-corrected chi connectivity index (χ2v) is 4.56. The number of nitro benzene ring substituents is 1. The molecule has 0 saturated carbocycles. The Balaban J connectivity index is 3.12. The third-order valence-electron chi connectivity index (χ3n) is 3.61. The zero-order chi connectivity index (χ0) is 15.3. The summed E-state index contributed by atoms with van der Waals surface area (Å²) in [7, 11) is 0. The lowest BCUT2D eigenvalue weighted by atomic mass is 9.83. The normalized spacial score (nSPS) is 10.7. The Bertz CT molecular complexity index is 572. The van der Waals surface area contributed by atoms with Crippen molar-refractivity contribution in [2.75, 3.05) is 5.32 Å². The molecule has 0 aromatic heterocycles. The van der Waals surface area contributed by atoms with Crippen LogP contribution in [0.15, 0.2) is 18.2 Å². The van der Waals surface area contributed by atoms with Gasteiger partial charge < -0.3 is 5.32 Å². The number of anilines is 1. The fraction of sp³-hybridized carbons (Fsp3) is 0.429. The van der Waals surface area contributed by atoms with Gasteiger partial charge in [-0.25, -0.2) is 0 Å². The summed E-state index contributed by atoms with van der Waals surface area (Å²) in [5, 5.41) is 22.7. The van der Waals surface area contributed by atoms with E-state index >= 15 is 0 Å². The minimum absolute atomic E-state index is 0.0571. The van der Waals surface area contributed by atoms with Gasteiger partial charge in [-0.05, 0) is 25.8 Å². The minimum Gasteiger partial charge on any atom is -0.324 e. The molecule has 6 nitrogen and oxygen atoms in total. The number of benzene rings is 1. The topological polar surface area (TPSA) is 96.0 Å². The van der Waals surface area contributed by atoms with Crippen molar-refractivity contribution in [3.8, 4) is 6.07 Å². The van der Waals surface area contributed by atoms with E-state index in [1.54, 1.807) is 26.8 Å². The van der Waals surface area contributed by atoms with E-state index < -0.39 is 16.2 Å². The van der Waals surface area contributed by atoms with Gasteiger partial charge in [0.1, 0.15) is 5.41 Å². The molecule has 0 bridgehead atoms. The summed E-state index contributed by atoms with van der Waals surface area (Å²) in [5.41, 5.74) is -0.411. The van der Waals surface area contributed by atoms with Crippen LogP contribution in [0.1, 0.15) is 32.3 Å². The van der Waals surface area contributed by atoms with Crippen LogP contribution >= 0.6 is 0 Å². The summed E-state index contributed by atoms with van der Waals surface area (Å²) in [5.74, 6) is -0.423. The molecule has 0 fully saturated rings. The van der Waals surface area contributed by atoms with Crippen molar-refractivity contribution in [1.29, 1.82) is 5.26 Å². The Kier molecular flexibility index (Phi) is 4.81. The van der Waals surface area contributed by atoms with Gasteiger partial charge in [0, 0.05) is 6.07 Å². The van der Waals surface area contributed by atoms with Gasteiger partial charge in [-0.1, -0.05) is 19.9 Å².